The molecule has 0 bridgehead atoms. The number of carbonyl (C=O) groups is 1. The van der Waals surface area contributed by atoms with Crippen LogP contribution in [0.4, 0.5) is 0 Å². The van der Waals surface area contributed by atoms with Crippen LogP contribution in [0, 0.1) is 11.8 Å². The van der Waals surface area contributed by atoms with Crippen molar-refractivity contribution >= 4 is 27.5 Å². The number of aliphatic carboxylic acids is 1. The number of hydrogen-bond acceptors (Lipinski definition) is 3. The Labute approximate surface area is 116 Å². The van der Waals surface area contributed by atoms with Crippen LogP contribution in [-0.4, -0.2) is 16.1 Å². The number of carboxylic acids is 1. The number of hydrogen-bond donors (Lipinski definition) is 1. The zero-order valence-corrected chi connectivity index (χ0v) is 11.5. The van der Waals surface area contributed by atoms with Gasteiger partial charge in [0.15, 0.2) is 0 Å². The second-order valence-corrected chi connectivity index (χ2v) is 6.38. The molecule has 1 N–H and O–H groups in total. The molecule has 0 saturated heterocycles. The standard InChI is InChI=1S/C15H17NO2S/c17-15(18)11-6-2-1-5-10(11)9-14-16-12-7-3-4-8-13(12)19-14/h3-4,7-8,10-11H,1-2,5-6,9H2,(H,17,18). The Morgan fingerprint density at radius 2 is 2.11 bits per heavy atom. The molecule has 1 saturated carbocycles. The lowest BCUT2D eigenvalue weighted by atomic mass is 9.77. The third-order valence-electron chi connectivity index (χ3n) is 4.00. The molecule has 0 aliphatic heterocycles. The number of fused-ring (bicyclic) bond motifs is 1. The minimum atomic E-state index is -0.634. The molecule has 1 aromatic heterocycles. The maximum atomic E-state index is 11.3. The third-order valence-corrected chi connectivity index (χ3v) is 5.06. The van der Waals surface area contributed by atoms with Crippen molar-refractivity contribution < 1.29 is 9.90 Å². The van der Waals surface area contributed by atoms with Gasteiger partial charge >= 0.3 is 5.97 Å². The summed E-state index contributed by atoms with van der Waals surface area (Å²) in [6, 6.07) is 8.11. The molecule has 0 amide bonds. The quantitative estimate of drug-likeness (QED) is 0.928. The van der Waals surface area contributed by atoms with Gasteiger partial charge in [0.25, 0.3) is 0 Å². The van der Waals surface area contributed by atoms with Gasteiger partial charge in [-0.1, -0.05) is 25.0 Å². The molecule has 0 radical (unpaired) electrons. The van der Waals surface area contributed by atoms with Gasteiger partial charge in [0.2, 0.25) is 0 Å². The predicted molar refractivity (Wildman–Crippen MR) is 76.4 cm³/mol. The molecule has 1 fully saturated rings. The number of thiazole rings is 1. The normalized spacial score (nSPS) is 23.6. The number of para-hydroxylation sites is 1. The number of carboxylic acid groups (broad SMARTS) is 1. The Balaban J connectivity index is 1.80. The van der Waals surface area contributed by atoms with Gasteiger partial charge < -0.3 is 5.11 Å². The van der Waals surface area contributed by atoms with Crippen LogP contribution in [0.25, 0.3) is 10.2 Å². The SMILES string of the molecule is O=C(O)C1CCCCC1Cc1nc2ccccc2s1. The smallest absolute Gasteiger partial charge is 0.306 e. The van der Waals surface area contributed by atoms with E-state index in [0.29, 0.717) is 0 Å². The van der Waals surface area contributed by atoms with E-state index in [-0.39, 0.29) is 11.8 Å². The van der Waals surface area contributed by atoms with E-state index in [1.807, 2.05) is 18.2 Å². The molecule has 2 atom stereocenters. The van der Waals surface area contributed by atoms with E-state index in [2.05, 4.69) is 11.1 Å². The van der Waals surface area contributed by atoms with Crippen LogP contribution in [-0.2, 0) is 11.2 Å². The van der Waals surface area contributed by atoms with Gasteiger partial charge in [0.05, 0.1) is 21.1 Å². The number of nitrogens with zero attached hydrogens (tertiary/aromatic N) is 1. The minimum absolute atomic E-state index is 0.180. The van der Waals surface area contributed by atoms with Crippen LogP contribution in [0.1, 0.15) is 30.7 Å². The molecule has 1 aliphatic rings. The molecule has 1 heterocycles. The van der Waals surface area contributed by atoms with E-state index >= 15 is 0 Å². The molecule has 4 heteroatoms. The zero-order chi connectivity index (χ0) is 13.2. The first kappa shape index (κ1) is 12.6. The van der Waals surface area contributed by atoms with Crippen molar-refractivity contribution in [1.29, 1.82) is 0 Å². The van der Waals surface area contributed by atoms with Crippen molar-refractivity contribution in [3.8, 4) is 0 Å². The molecule has 1 aromatic carbocycles. The van der Waals surface area contributed by atoms with E-state index < -0.39 is 5.97 Å². The monoisotopic (exact) mass is 275 g/mol. The molecule has 2 unspecified atom stereocenters. The summed E-state index contributed by atoms with van der Waals surface area (Å²) >= 11 is 1.70. The highest BCUT2D eigenvalue weighted by Crippen LogP contribution is 2.34. The van der Waals surface area contributed by atoms with Crippen molar-refractivity contribution in [1.82, 2.24) is 4.98 Å². The van der Waals surface area contributed by atoms with Gasteiger partial charge in [0.1, 0.15) is 0 Å². The second kappa shape index (κ2) is 5.29. The van der Waals surface area contributed by atoms with Crippen LogP contribution < -0.4 is 0 Å². The Hall–Kier alpha value is -1.42. The lowest BCUT2D eigenvalue weighted by Crippen LogP contribution is -2.28. The van der Waals surface area contributed by atoms with Crippen molar-refractivity contribution in [2.75, 3.05) is 0 Å². The number of aromatic nitrogens is 1. The molecule has 3 nitrogen and oxygen atoms in total. The van der Waals surface area contributed by atoms with Crippen LogP contribution in [0.3, 0.4) is 0 Å². The van der Waals surface area contributed by atoms with E-state index in [1.165, 1.54) is 4.70 Å². The van der Waals surface area contributed by atoms with Crippen LogP contribution in [0.2, 0.25) is 0 Å². The first-order chi connectivity index (χ1) is 9.24. The number of benzene rings is 1. The second-order valence-electron chi connectivity index (χ2n) is 5.27. The van der Waals surface area contributed by atoms with E-state index in [1.54, 1.807) is 11.3 Å². The molecule has 2 aromatic rings. The summed E-state index contributed by atoms with van der Waals surface area (Å²) in [7, 11) is 0. The van der Waals surface area contributed by atoms with Crippen molar-refractivity contribution in [3.63, 3.8) is 0 Å². The minimum Gasteiger partial charge on any atom is -0.481 e. The Kier molecular flexibility index (Phi) is 3.51. The van der Waals surface area contributed by atoms with E-state index in [4.69, 9.17) is 0 Å². The Morgan fingerprint density at radius 3 is 2.89 bits per heavy atom. The van der Waals surface area contributed by atoms with Gasteiger partial charge in [0, 0.05) is 6.42 Å². The highest BCUT2D eigenvalue weighted by molar-refractivity contribution is 7.18. The van der Waals surface area contributed by atoms with Gasteiger partial charge in [-0.2, -0.15) is 0 Å². The van der Waals surface area contributed by atoms with Gasteiger partial charge in [-0.25, -0.2) is 4.98 Å². The molecule has 1 aliphatic carbocycles. The number of rotatable bonds is 3. The zero-order valence-electron chi connectivity index (χ0n) is 10.7. The maximum absolute atomic E-state index is 11.3. The Bertz CT molecular complexity index is 560. The lowest BCUT2D eigenvalue weighted by Gasteiger charge is -2.27. The van der Waals surface area contributed by atoms with Crippen LogP contribution >= 0.6 is 11.3 Å². The fourth-order valence-corrected chi connectivity index (χ4v) is 4.07. The Morgan fingerprint density at radius 1 is 1.32 bits per heavy atom. The summed E-state index contributed by atoms with van der Waals surface area (Å²) in [5.41, 5.74) is 1.03. The topological polar surface area (TPSA) is 50.2 Å². The van der Waals surface area contributed by atoms with Gasteiger partial charge in [-0.05, 0) is 30.9 Å². The average molecular weight is 275 g/mol. The summed E-state index contributed by atoms with van der Waals surface area (Å²) in [4.78, 5) is 15.9. The molecular formula is C15H17NO2S. The molecular weight excluding hydrogens is 258 g/mol. The summed E-state index contributed by atoms with van der Waals surface area (Å²) in [5.74, 6) is -0.557. The highest BCUT2D eigenvalue weighted by atomic mass is 32.1. The summed E-state index contributed by atoms with van der Waals surface area (Å²) in [5, 5.41) is 10.4. The fourth-order valence-electron chi connectivity index (χ4n) is 3.01. The van der Waals surface area contributed by atoms with E-state index in [0.717, 1.165) is 42.6 Å². The molecule has 0 spiro atoms. The predicted octanol–water partition coefficient (Wildman–Crippen LogP) is 3.73. The molecule has 19 heavy (non-hydrogen) atoms. The van der Waals surface area contributed by atoms with E-state index in [9.17, 15) is 9.90 Å². The van der Waals surface area contributed by atoms with Crippen LogP contribution in [0.5, 0.6) is 0 Å². The maximum Gasteiger partial charge on any atom is 0.306 e. The fraction of sp³-hybridized carbons (Fsp3) is 0.467. The third kappa shape index (κ3) is 2.63. The summed E-state index contributed by atoms with van der Waals surface area (Å²) < 4.78 is 1.19. The van der Waals surface area contributed by atoms with Crippen molar-refractivity contribution in [3.05, 3.63) is 29.3 Å². The first-order valence-electron chi connectivity index (χ1n) is 6.81. The van der Waals surface area contributed by atoms with Gasteiger partial charge in [-0.15, -0.1) is 11.3 Å². The average Bonchev–Trinajstić information content (AvgIpc) is 2.81. The highest BCUT2D eigenvalue weighted by Gasteiger charge is 2.31. The largest absolute Gasteiger partial charge is 0.481 e. The van der Waals surface area contributed by atoms with Crippen molar-refractivity contribution in [2.24, 2.45) is 11.8 Å². The first-order valence-corrected chi connectivity index (χ1v) is 7.63. The van der Waals surface area contributed by atoms with Crippen molar-refractivity contribution in [2.45, 2.75) is 32.1 Å². The van der Waals surface area contributed by atoms with Crippen LogP contribution in [0.15, 0.2) is 24.3 Å². The van der Waals surface area contributed by atoms with Gasteiger partial charge in [-0.3, -0.25) is 4.79 Å². The molecule has 100 valence electrons. The summed E-state index contributed by atoms with van der Waals surface area (Å²) in [6.45, 7) is 0. The lowest BCUT2D eigenvalue weighted by molar-refractivity contribution is -0.144. The molecule has 3 rings (SSSR count). The summed E-state index contributed by atoms with van der Waals surface area (Å²) in [6.07, 6.45) is 4.86.